The summed E-state index contributed by atoms with van der Waals surface area (Å²) in [6, 6.07) is 10.6. The van der Waals surface area contributed by atoms with Gasteiger partial charge in [-0.2, -0.15) is 13.2 Å². The zero-order valence-corrected chi connectivity index (χ0v) is 14.3. The molecule has 1 N–H and O–H groups in total. The van der Waals surface area contributed by atoms with E-state index in [1.807, 2.05) is 0 Å². The molecule has 2 heterocycles. The fourth-order valence-electron chi connectivity index (χ4n) is 2.77. The van der Waals surface area contributed by atoms with Crippen LogP contribution in [0.15, 0.2) is 58.1 Å². The van der Waals surface area contributed by atoms with Crippen LogP contribution < -0.4 is 5.32 Å². The lowest BCUT2D eigenvalue weighted by Gasteiger charge is -2.28. The summed E-state index contributed by atoms with van der Waals surface area (Å²) in [5.41, 5.74) is -3.06. The Morgan fingerprint density at radius 2 is 1.93 bits per heavy atom. The van der Waals surface area contributed by atoms with Crippen molar-refractivity contribution >= 4 is 17.6 Å². The maximum absolute atomic E-state index is 14.0. The molecule has 1 atom stereocenters. The standard InChI is InChI=1S/C18H16F3N3O3/c1-2-10-24-14(12-7-4-3-5-8-12)22-17(16(24)26,18(19,20)21)23-15(25)13-9-6-11-27-13/h3-9,11H,2,10H2,1H3,(H,23,25). The molecule has 0 fully saturated rings. The number of hydrogen-bond donors (Lipinski definition) is 1. The van der Waals surface area contributed by atoms with Crippen molar-refractivity contribution < 1.29 is 27.2 Å². The first-order valence-electron chi connectivity index (χ1n) is 8.20. The van der Waals surface area contributed by atoms with Gasteiger partial charge < -0.3 is 9.73 Å². The molecule has 0 saturated carbocycles. The van der Waals surface area contributed by atoms with E-state index in [1.165, 1.54) is 12.1 Å². The van der Waals surface area contributed by atoms with E-state index in [-0.39, 0.29) is 18.1 Å². The lowest BCUT2D eigenvalue weighted by molar-refractivity contribution is -0.196. The Hall–Kier alpha value is -3.10. The van der Waals surface area contributed by atoms with Crippen LogP contribution in [-0.4, -0.2) is 40.9 Å². The Bertz CT molecular complexity index is 863. The molecule has 27 heavy (non-hydrogen) atoms. The molecule has 2 aromatic rings. The smallest absolute Gasteiger partial charge is 0.442 e. The number of benzene rings is 1. The van der Waals surface area contributed by atoms with E-state index in [4.69, 9.17) is 4.42 Å². The molecule has 2 amide bonds. The zero-order chi connectivity index (χ0) is 19.7. The van der Waals surface area contributed by atoms with Crippen LogP contribution in [0.4, 0.5) is 13.2 Å². The lowest BCUT2D eigenvalue weighted by Crippen LogP contribution is -2.63. The van der Waals surface area contributed by atoms with Gasteiger partial charge in [0, 0.05) is 12.1 Å². The number of furan rings is 1. The van der Waals surface area contributed by atoms with Gasteiger partial charge in [0.05, 0.1) is 6.26 Å². The molecule has 1 aromatic carbocycles. The summed E-state index contributed by atoms with van der Waals surface area (Å²) in [5.74, 6) is -3.02. The van der Waals surface area contributed by atoms with E-state index in [0.29, 0.717) is 12.0 Å². The molecule has 0 bridgehead atoms. The van der Waals surface area contributed by atoms with Gasteiger partial charge in [0.2, 0.25) is 0 Å². The van der Waals surface area contributed by atoms with Crippen LogP contribution in [0.5, 0.6) is 0 Å². The first kappa shape index (κ1) is 18.7. The summed E-state index contributed by atoms with van der Waals surface area (Å²) in [6.45, 7) is 1.76. The number of aliphatic imine (C=N–C) groups is 1. The summed E-state index contributed by atoms with van der Waals surface area (Å²) in [5, 5.41) is 1.74. The van der Waals surface area contributed by atoms with Crippen molar-refractivity contribution in [2.45, 2.75) is 25.2 Å². The van der Waals surface area contributed by atoms with E-state index in [1.54, 1.807) is 42.6 Å². The number of halogens is 3. The van der Waals surface area contributed by atoms with Gasteiger partial charge in [-0.25, -0.2) is 4.99 Å². The number of nitrogens with zero attached hydrogens (tertiary/aromatic N) is 2. The maximum atomic E-state index is 14.0. The number of amides is 2. The van der Waals surface area contributed by atoms with Crippen LogP contribution in [0.2, 0.25) is 0 Å². The first-order valence-corrected chi connectivity index (χ1v) is 8.20. The number of carbonyl (C=O) groups is 2. The van der Waals surface area contributed by atoms with E-state index in [0.717, 1.165) is 11.2 Å². The molecule has 6 nitrogen and oxygen atoms in total. The van der Waals surface area contributed by atoms with Gasteiger partial charge in [-0.15, -0.1) is 0 Å². The topological polar surface area (TPSA) is 74.9 Å². The SMILES string of the molecule is CCCN1C(=O)C(NC(=O)c2ccco2)(C(F)(F)F)N=C1c1ccccc1. The quantitative estimate of drug-likeness (QED) is 0.868. The minimum atomic E-state index is -5.14. The maximum Gasteiger partial charge on any atom is 0.442 e. The van der Waals surface area contributed by atoms with E-state index in [2.05, 4.69) is 4.99 Å². The zero-order valence-electron chi connectivity index (χ0n) is 14.3. The van der Waals surface area contributed by atoms with Gasteiger partial charge in [-0.3, -0.25) is 14.5 Å². The van der Waals surface area contributed by atoms with E-state index >= 15 is 0 Å². The molecule has 1 aromatic heterocycles. The number of hydrogen-bond acceptors (Lipinski definition) is 4. The number of nitrogens with one attached hydrogen (secondary N) is 1. The highest BCUT2D eigenvalue weighted by atomic mass is 19.4. The number of rotatable bonds is 5. The summed E-state index contributed by atoms with van der Waals surface area (Å²) < 4.78 is 46.7. The molecule has 0 radical (unpaired) electrons. The average molecular weight is 379 g/mol. The van der Waals surface area contributed by atoms with Crippen molar-refractivity contribution in [3.63, 3.8) is 0 Å². The fraction of sp³-hybridized carbons (Fsp3) is 0.278. The predicted molar refractivity (Wildman–Crippen MR) is 89.9 cm³/mol. The van der Waals surface area contributed by atoms with Crippen molar-refractivity contribution in [2.24, 2.45) is 4.99 Å². The third-order valence-corrected chi connectivity index (χ3v) is 4.01. The highest BCUT2D eigenvalue weighted by molar-refractivity contribution is 6.16. The first-order chi connectivity index (χ1) is 12.8. The van der Waals surface area contributed by atoms with Gasteiger partial charge in [0.25, 0.3) is 11.8 Å². The number of alkyl halides is 3. The van der Waals surface area contributed by atoms with Crippen molar-refractivity contribution in [1.82, 2.24) is 10.2 Å². The Morgan fingerprint density at radius 1 is 1.22 bits per heavy atom. The molecule has 142 valence electrons. The Morgan fingerprint density at radius 3 is 2.48 bits per heavy atom. The van der Waals surface area contributed by atoms with Gasteiger partial charge in [0.1, 0.15) is 5.84 Å². The van der Waals surface area contributed by atoms with Crippen molar-refractivity contribution in [3.8, 4) is 0 Å². The van der Waals surface area contributed by atoms with Gasteiger partial charge in [-0.05, 0) is 18.6 Å². The largest absolute Gasteiger partial charge is 0.459 e. The second-order valence-electron chi connectivity index (χ2n) is 5.90. The van der Waals surface area contributed by atoms with Crippen molar-refractivity contribution in [3.05, 3.63) is 60.1 Å². The molecule has 1 aliphatic rings. The molecule has 9 heteroatoms. The van der Waals surface area contributed by atoms with Crippen LogP contribution >= 0.6 is 0 Å². The second-order valence-corrected chi connectivity index (χ2v) is 5.90. The fourth-order valence-corrected chi connectivity index (χ4v) is 2.77. The molecule has 1 aliphatic heterocycles. The van der Waals surface area contributed by atoms with Crippen LogP contribution in [-0.2, 0) is 4.79 Å². The van der Waals surface area contributed by atoms with Gasteiger partial charge in [-0.1, -0.05) is 37.3 Å². The highest BCUT2D eigenvalue weighted by Crippen LogP contribution is 2.38. The predicted octanol–water partition coefficient (Wildman–Crippen LogP) is 2.97. The highest BCUT2D eigenvalue weighted by Gasteiger charge is 2.67. The van der Waals surface area contributed by atoms with E-state index < -0.39 is 23.7 Å². The van der Waals surface area contributed by atoms with Crippen molar-refractivity contribution in [1.29, 1.82) is 0 Å². The molecule has 0 aliphatic carbocycles. The lowest BCUT2D eigenvalue weighted by atomic mass is 10.1. The molecule has 1 unspecified atom stereocenters. The van der Waals surface area contributed by atoms with Gasteiger partial charge in [0.15, 0.2) is 5.76 Å². The third kappa shape index (κ3) is 3.20. The molecule has 0 saturated heterocycles. The monoisotopic (exact) mass is 379 g/mol. The minimum Gasteiger partial charge on any atom is -0.459 e. The summed E-state index contributed by atoms with van der Waals surface area (Å²) in [7, 11) is 0. The normalized spacial score (nSPS) is 19.9. The number of carbonyl (C=O) groups excluding carboxylic acids is 2. The van der Waals surface area contributed by atoms with Crippen LogP contribution in [0, 0.1) is 0 Å². The van der Waals surface area contributed by atoms with Crippen LogP contribution in [0.3, 0.4) is 0 Å². The summed E-state index contributed by atoms with van der Waals surface area (Å²) in [4.78, 5) is 29.7. The molecular formula is C18H16F3N3O3. The van der Waals surface area contributed by atoms with Crippen LogP contribution in [0.1, 0.15) is 29.5 Å². The summed E-state index contributed by atoms with van der Waals surface area (Å²) in [6.07, 6.45) is -3.58. The number of amidine groups is 1. The summed E-state index contributed by atoms with van der Waals surface area (Å²) >= 11 is 0. The van der Waals surface area contributed by atoms with Crippen molar-refractivity contribution in [2.75, 3.05) is 6.54 Å². The average Bonchev–Trinajstić information content (AvgIpc) is 3.25. The molecular weight excluding hydrogens is 363 g/mol. The second kappa shape index (κ2) is 6.90. The van der Waals surface area contributed by atoms with E-state index in [9.17, 15) is 22.8 Å². The van der Waals surface area contributed by atoms with Gasteiger partial charge >= 0.3 is 11.8 Å². The Kier molecular flexibility index (Phi) is 4.77. The third-order valence-electron chi connectivity index (χ3n) is 4.01. The minimum absolute atomic E-state index is 0.0288. The Labute approximate surface area is 152 Å². The molecule has 0 spiro atoms. The Balaban J connectivity index is 2.10. The molecule has 3 rings (SSSR count). The van der Waals surface area contributed by atoms with Crippen LogP contribution in [0.25, 0.3) is 0 Å².